The summed E-state index contributed by atoms with van der Waals surface area (Å²) in [6.45, 7) is 0.329. The molecule has 1 aliphatic carbocycles. The quantitative estimate of drug-likeness (QED) is 0.769. The largest absolute Gasteiger partial charge is 0.493 e. The van der Waals surface area contributed by atoms with Crippen molar-refractivity contribution in [3.8, 4) is 11.5 Å². The molecule has 1 aliphatic rings. The summed E-state index contributed by atoms with van der Waals surface area (Å²) < 4.78 is 13.1. The fraction of sp³-hybridized carbons (Fsp3) is 0.333. The van der Waals surface area contributed by atoms with Crippen LogP contribution in [0.5, 0.6) is 11.5 Å². The van der Waals surface area contributed by atoms with Crippen LogP contribution in [0.1, 0.15) is 34.9 Å². The highest BCUT2D eigenvalue weighted by molar-refractivity contribution is 6.31. The number of imidazole rings is 1. The van der Waals surface area contributed by atoms with Crippen LogP contribution in [-0.4, -0.2) is 22.9 Å². The minimum absolute atomic E-state index is 0.329. The number of nitrogens with zero attached hydrogens (tertiary/aromatic N) is 2. The van der Waals surface area contributed by atoms with Gasteiger partial charge in [0.2, 0.25) is 0 Å². The summed E-state index contributed by atoms with van der Waals surface area (Å²) in [5.41, 5.74) is 1.35. The number of hydrogen-bond donors (Lipinski definition) is 0. The van der Waals surface area contributed by atoms with Crippen molar-refractivity contribution in [3.05, 3.63) is 40.9 Å². The zero-order valence-electron chi connectivity index (χ0n) is 11.6. The molecule has 0 bridgehead atoms. The Morgan fingerprint density at radius 1 is 1.48 bits per heavy atom. The van der Waals surface area contributed by atoms with Gasteiger partial charge in [0.15, 0.2) is 17.8 Å². The second kappa shape index (κ2) is 5.77. The molecular formula is C15H15ClN2O3. The molecule has 0 aliphatic heterocycles. The summed E-state index contributed by atoms with van der Waals surface area (Å²) >= 11 is 5.95. The number of carbonyl (C=O) groups excluding carboxylic acids is 1. The molecule has 0 radical (unpaired) electrons. The molecule has 2 aromatic rings. The molecule has 21 heavy (non-hydrogen) atoms. The van der Waals surface area contributed by atoms with Crippen molar-refractivity contribution in [1.29, 1.82) is 0 Å². The van der Waals surface area contributed by atoms with E-state index in [0.717, 1.165) is 5.69 Å². The number of hydrogen-bond acceptors (Lipinski definition) is 4. The van der Waals surface area contributed by atoms with E-state index in [1.165, 1.54) is 20.0 Å². The van der Waals surface area contributed by atoms with Crippen molar-refractivity contribution in [2.45, 2.75) is 25.5 Å². The third kappa shape index (κ3) is 2.88. The number of rotatable bonds is 6. The maximum atomic E-state index is 11.2. The molecule has 1 fully saturated rings. The average molecular weight is 307 g/mol. The predicted octanol–water partition coefficient (Wildman–Crippen LogP) is 3.27. The Morgan fingerprint density at radius 2 is 2.29 bits per heavy atom. The van der Waals surface area contributed by atoms with Crippen LogP contribution in [0, 0.1) is 0 Å². The first kappa shape index (κ1) is 13.9. The highest BCUT2D eigenvalue weighted by Crippen LogP contribution is 2.37. The number of halogens is 1. The molecule has 0 saturated heterocycles. The highest BCUT2D eigenvalue weighted by Gasteiger charge is 2.25. The lowest BCUT2D eigenvalue weighted by Gasteiger charge is -2.14. The number of benzene rings is 1. The minimum Gasteiger partial charge on any atom is -0.493 e. The van der Waals surface area contributed by atoms with Crippen LogP contribution >= 0.6 is 11.6 Å². The van der Waals surface area contributed by atoms with Crippen molar-refractivity contribution in [1.82, 2.24) is 9.55 Å². The molecule has 0 spiro atoms. The van der Waals surface area contributed by atoms with E-state index in [9.17, 15) is 4.79 Å². The molecule has 6 heteroatoms. The first-order valence-corrected chi connectivity index (χ1v) is 7.07. The molecule has 1 heterocycles. The molecule has 0 atom stereocenters. The minimum atomic E-state index is 0.329. The third-order valence-corrected chi connectivity index (χ3v) is 3.66. The smallest absolute Gasteiger partial charge is 0.172 e. The Bertz CT molecular complexity index is 665. The predicted molar refractivity (Wildman–Crippen MR) is 78.2 cm³/mol. The lowest BCUT2D eigenvalue weighted by Crippen LogP contribution is -2.06. The van der Waals surface area contributed by atoms with Crippen LogP contribution in [0.4, 0.5) is 0 Å². The van der Waals surface area contributed by atoms with Gasteiger partial charge in [0, 0.05) is 17.1 Å². The van der Waals surface area contributed by atoms with Gasteiger partial charge in [0.1, 0.15) is 6.61 Å². The van der Waals surface area contributed by atoms with Gasteiger partial charge in [-0.2, -0.15) is 0 Å². The van der Waals surface area contributed by atoms with Gasteiger partial charge in [-0.1, -0.05) is 11.6 Å². The summed E-state index contributed by atoms with van der Waals surface area (Å²) in [5, 5.41) is 0.435. The Morgan fingerprint density at radius 3 is 2.95 bits per heavy atom. The fourth-order valence-electron chi connectivity index (χ4n) is 2.25. The van der Waals surface area contributed by atoms with E-state index < -0.39 is 0 Å². The van der Waals surface area contributed by atoms with Gasteiger partial charge >= 0.3 is 0 Å². The SMILES string of the molecule is COc1cc(Cl)cc(C=O)c1OCc1cncn1C1CC1. The number of aldehydes is 1. The van der Waals surface area contributed by atoms with E-state index >= 15 is 0 Å². The average Bonchev–Trinajstić information content (AvgIpc) is 3.23. The molecule has 3 rings (SSSR count). The fourth-order valence-corrected chi connectivity index (χ4v) is 2.47. The molecule has 1 aromatic carbocycles. The molecular weight excluding hydrogens is 292 g/mol. The second-order valence-corrected chi connectivity index (χ2v) is 5.39. The topological polar surface area (TPSA) is 53.4 Å². The van der Waals surface area contributed by atoms with Gasteiger partial charge in [0.25, 0.3) is 0 Å². The second-order valence-electron chi connectivity index (χ2n) is 4.96. The lowest BCUT2D eigenvalue weighted by atomic mass is 10.2. The molecule has 0 N–H and O–H groups in total. The van der Waals surface area contributed by atoms with Crippen LogP contribution in [0.2, 0.25) is 5.02 Å². The monoisotopic (exact) mass is 306 g/mol. The van der Waals surface area contributed by atoms with Gasteiger partial charge in [0.05, 0.1) is 30.9 Å². The van der Waals surface area contributed by atoms with Crippen molar-refractivity contribution in [2.75, 3.05) is 7.11 Å². The number of ether oxygens (including phenoxy) is 2. The van der Waals surface area contributed by atoms with E-state index in [4.69, 9.17) is 21.1 Å². The third-order valence-electron chi connectivity index (χ3n) is 3.45. The molecule has 0 unspecified atom stereocenters. The summed E-state index contributed by atoms with van der Waals surface area (Å²) in [7, 11) is 1.52. The Kier molecular flexibility index (Phi) is 3.84. The number of aromatic nitrogens is 2. The van der Waals surface area contributed by atoms with E-state index in [2.05, 4.69) is 9.55 Å². The molecule has 5 nitrogen and oxygen atoms in total. The van der Waals surface area contributed by atoms with Crippen molar-refractivity contribution >= 4 is 17.9 Å². The zero-order chi connectivity index (χ0) is 14.8. The Hall–Kier alpha value is -2.01. The Labute approximate surface area is 127 Å². The molecule has 1 saturated carbocycles. The van der Waals surface area contributed by atoms with Crippen LogP contribution in [0.15, 0.2) is 24.7 Å². The maximum absolute atomic E-state index is 11.2. The molecule has 0 amide bonds. The van der Waals surface area contributed by atoms with Crippen molar-refractivity contribution < 1.29 is 14.3 Å². The van der Waals surface area contributed by atoms with Crippen LogP contribution in [0.3, 0.4) is 0 Å². The van der Waals surface area contributed by atoms with Gasteiger partial charge in [-0.25, -0.2) is 4.98 Å². The molecule has 1 aromatic heterocycles. The van der Waals surface area contributed by atoms with Gasteiger partial charge in [-0.05, 0) is 18.9 Å². The number of carbonyl (C=O) groups is 1. The van der Waals surface area contributed by atoms with E-state index in [1.54, 1.807) is 18.3 Å². The van der Waals surface area contributed by atoms with E-state index in [0.29, 0.717) is 41.0 Å². The maximum Gasteiger partial charge on any atom is 0.172 e. The zero-order valence-corrected chi connectivity index (χ0v) is 12.3. The summed E-state index contributed by atoms with van der Waals surface area (Å²) in [5.74, 6) is 0.850. The highest BCUT2D eigenvalue weighted by atomic mass is 35.5. The van der Waals surface area contributed by atoms with E-state index in [-0.39, 0.29) is 0 Å². The van der Waals surface area contributed by atoms with Crippen LogP contribution < -0.4 is 9.47 Å². The first-order chi connectivity index (χ1) is 10.2. The summed E-state index contributed by atoms with van der Waals surface area (Å²) in [4.78, 5) is 15.3. The number of methoxy groups -OCH3 is 1. The van der Waals surface area contributed by atoms with Crippen LogP contribution in [0.25, 0.3) is 0 Å². The normalized spacial score (nSPS) is 14.0. The summed E-state index contributed by atoms with van der Waals surface area (Å²) in [6.07, 6.45) is 6.65. The van der Waals surface area contributed by atoms with Crippen molar-refractivity contribution in [2.24, 2.45) is 0 Å². The molecule has 110 valence electrons. The lowest BCUT2D eigenvalue weighted by molar-refractivity contribution is 0.111. The van der Waals surface area contributed by atoms with Gasteiger partial charge in [-0.3, -0.25) is 4.79 Å². The van der Waals surface area contributed by atoms with Gasteiger partial charge < -0.3 is 14.0 Å². The Balaban J connectivity index is 1.84. The van der Waals surface area contributed by atoms with E-state index in [1.807, 2.05) is 6.33 Å². The van der Waals surface area contributed by atoms with Crippen LogP contribution in [-0.2, 0) is 6.61 Å². The summed E-state index contributed by atoms with van der Waals surface area (Å²) in [6, 6.07) is 3.72. The van der Waals surface area contributed by atoms with Gasteiger partial charge in [-0.15, -0.1) is 0 Å². The standard InChI is InChI=1S/C15H15ClN2O3/c1-20-14-5-11(16)4-10(7-19)15(14)21-8-13-6-17-9-18(13)12-2-3-12/h4-7,9,12H,2-3,8H2,1H3. The first-order valence-electron chi connectivity index (χ1n) is 6.69. The van der Waals surface area contributed by atoms with Crippen molar-refractivity contribution in [3.63, 3.8) is 0 Å².